The Hall–Kier alpha value is -2.39. The van der Waals surface area contributed by atoms with Crippen LogP contribution in [-0.4, -0.2) is 5.84 Å². The van der Waals surface area contributed by atoms with Crippen molar-refractivity contribution in [3.63, 3.8) is 0 Å². The lowest BCUT2D eigenvalue weighted by Gasteiger charge is -2.26. The van der Waals surface area contributed by atoms with Crippen LogP contribution in [0.5, 0.6) is 0 Å². The predicted molar refractivity (Wildman–Crippen MR) is 130 cm³/mol. The van der Waals surface area contributed by atoms with Gasteiger partial charge in [-0.3, -0.25) is 0 Å². The standard InChI is InChI=1S/C27H37N3/c1-17(2)21-12-10-13-24(27(6,7)28)22(21)11-8-9-14-26-29-20(5)23-15-18(3)19(4)16-25(23)30-26/h10,12-13,15-17H,5,8-9,11,14,28H2,1-4,6-7H3,(H,29,30). The van der Waals surface area contributed by atoms with Gasteiger partial charge >= 0.3 is 0 Å². The van der Waals surface area contributed by atoms with Gasteiger partial charge in [-0.1, -0.05) is 38.6 Å². The van der Waals surface area contributed by atoms with Gasteiger partial charge in [0.25, 0.3) is 0 Å². The summed E-state index contributed by atoms with van der Waals surface area (Å²) in [6.45, 7) is 17.2. The third-order valence-corrected chi connectivity index (χ3v) is 6.11. The highest BCUT2D eigenvalue weighted by molar-refractivity contribution is 5.97. The molecule has 2 aromatic carbocycles. The summed E-state index contributed by atoms with van der Waals surface area (Å²) >= 11 is 0. The van der Waals surface area contributed by atoms with Crippen molar-refractivity contribution in [1.82, 2.24) is 5.32 Å². The van der Waals surface area contributed by atoms with E-state index in [0.29, 0.717) is 5.92 Å². The molecule has 0 atom stereocenters. The van der Waals surface area contributed by atoms with Gasteiger partial charge in [0, 0.05) is 23.2 Å². The fraction of sp³-hybridized carbons (Fsp3) is 0.444. The third kappa shape index (κ3) is 4.84. The largest absolute Gasteiger partial charge is 0.344 e. The van der Waals surface area contributed by atoms with Crippen molar-refractivity contribution in [1.29, 1.82) is 0 Å². The highest BCUT2D eigenvalue weighted by Gasteiger charge is 2.21. The molecule has 0 bridgehead atoms. The second-order valence-corrected chi connectivity index (χ2v) is 9.57. The van der Waals surface area contributed by atoms with Gasteiger partial charge < -0.3 is 11.1 Å². The Morgan fingerprint density at radius 2 is 1.73 bits per heavy atom. The van der Waals surface area contributed by atoms with E-state index in [9.17, 15) is 0 Å². The van der Waals surface area contributed by atoms with Crippen molar-refractivity contribution in [2.75, 3.05) is 0 Å². The summed E-state index contributed by atoms with van der Waals surface area (Å²) in [6, 6.07) is 11.0. The maximum absolute atomic E-state index is 6.49. The topological polar surface area (TPSA) is 50.4 Å². The number of hydrogen-bond donors (Lipinski definition) is 2. The summed E-state index contributed by atoms with van der Waals surface area (Å²) < 4.78 is 0. The Labute approximate surface area is 182 Å². The first-order valence-electron chi connectivity index (χ1n) is 11.1. The number of aliphatic imine (C=N–C) groups is 1. The zero-order chi connectivity index (χ0) is 22.1. The second-order valence-electron chi connectivity index (χ2n) is 9.57. The number of aryl methyl sites for hydroxylation is 2. The third-order valence-electron chi connectivity index (χ3n) is 6.11. The molecule has 0 saturated heterocycles. The molecule has 0 unspecified atom stereocenters. The molecule has 0 aromatic heterocycles. The molecule has 1 aliphatic heterocycles. The van der Waals surface area contributed by atoms with Crippen LogP contribution in [-0.2, 0) is 12.0 Å². The second kappa shape index (κ2) is 8.77. The van der Waals surface area contributed by atoms with Crippen molar-refractivity contribution in [3.05, 3.63) is 70.3 Å². The van der Waals surface area contributed by atoms with Crippen LogP contribution in [0.2, 0.25) is 0 Å². The van der Waals surface area contributed by atoms with Crippen LogP contribution in [0.4, 0.5) is 5.69 Å². The van der Waals surface area contributed by atoms with Crippen LogP contribution < -0.4 is 11.1 Å². The number of amidine groups is 1. The van der Waals surface area contributed by atoms with Crippen molar-refractivity contribution in [2.45, 2.75) is 78.7 Å². The molecule has 0 saturated carbocycles. The van der Waals surface area contributed by atoms with E-state index < -0.39 is 0 Å². The first-order chi connectivity index (χ1) is 14.1. The summed E-state index contributed by atoms with van der Waals surface area (Å²) in [5.74, 6) is 1.52. The van der Waals surface area contributed by atoms with Crippen molar-refractivity contribution in [3.8, 4) is 0 Å². The van der Waals surface area contributed by atoms with E-state index in [2.05, 4.69) is 83.8 Å². The molecule has 0 spiro atoms. The lowest BCUT2D eigenvalue weighted by atomic mass is 9.83. The van der Waals surface area contributed by atoms with Gasteiger partial charge in [0.15, 0.2) is 0 Å². The zero-order valence-corrected chi connectivity index (χ0v) is 19.5. The molecular weight excluding hydrogens is 366 g/mol. The molecule has 1 aliphatic rings. The maximum Gasteiger partial charge on any atom is 0.107 e. The van der Waals surface area contributed by atoms with Gasteiger partial charge in [-0.2, -0.15) is 0 Å². The lowest BCUT2D eigenvalue weighted by Crippen LogP contribution is -2.30. The summed E-state index contributed by atoms with van der Waals surface area (Å²) in [7, 11) is 0. The highest BCUT2D eigenvalue weighted by Crippen LogP contribution is 2.32. The number of hydrogen-bond acceptors (Lipinski definition) is 3. The molecule has 2 aromatic rings. The van der Waals surface area contributed by atoms with Crippen molar-refractivity contribution in [2.24, 2.45) is 10.7 Å². The summed E-state index contributed by atoms with van der Waals surface area (Å²) in [4.78, 5) is 4.87. The fourth-order valence-electron chi connectivity index (χ4n) is 4.29. The van der Waals surface area contributed by atoms with Crippen LogP contribution in [0.3, 0.4) is 0 Å². The molecule has 0 fully saturated rings. The van der Waals surface area contributed by atoms with Gasteiger partial charge in [0.1, 0.15) is 5.84 Å². The van der Waals surface area contributed by atoms with Crippen molar-refractivity contribution < 1.29 is 0 Å². The van der Waals surface area contributed by atoms with Crippen LogP contribution in [0.25, 0.3) is 5.70 Å². The summed E-state index contributed by atoms with van der Waals surface area (Å²) in [5, 5.41) is 3.42. The first kappa shape index (κ1) is 22.3. The Morgan fingerprint density at radius 3 is 2.40 bits per heavy atom. The SMILES string of the molecule is C=C1NC(CCCCc2c(C(C)C)cccc2C(C)(C)N)=Nc2cc(C)c(C)cc21. The summed E-state index contributed by atoms with van der Waals surface area (Å²) in [5.41, 5.74) is 15.9. The van der Waals surface area contributed by atoms with Gasteiger partial charge in [-0.05, 0) is 92.8 Å². The minimum Gasteiger partial charge on any atom is -0.344 e. The summed E-state index contributed by atoms with van der Waals surface area (Å²) in [6.07, 6.45) is 4.17. The molecular formula is C27H37N3. The zero-order valence-electron chi connectivity index (χ0n) is 19.5. The minimum atomic E-state index is -0.327. The van der Waals surface area contributed by atoms with Gasteiger partial charge in [-0.25, -0.2) is 4.99 Å². The monoisotopic (exact) mass is 403 g/mol. The quantitative estimate of drug-likeness (QED) is 0.509. The normalized spacial score (nSPS) is 13.9. The number of nitrogens with two attached hydrogens (primary N) is 1. The number of fused-ring (bicyclic) bond motifs is 1. The molecule has 3 nitrogen and oxygen atoms in total. The average Bonchev–Trinajstić information content (AvgIpc) is 2.66. The minimum absolute atomic E-state index is 0.327. The molecule has 30 heavy (non-hydrogen) atoms. The molecule has 3 N–H and O–H groups in total. The van der Waals surface area contributed by atoms with Crippen LogP contribution in [0.1, 0.15) is 86.3 Å². The highest BCUT2D eigenvalue weighted by atomic mass is 15.0. The van der Waals surface area contributed by atoms with E-state index in [1.807, 2.05) is 0 Å². The van der Waals surface area contributed by atoms with E-state index >= 15 is 0 Å². The van der Waals surface area contributed by atoms with Crippen molar-refractivity contribution >= 4 is 17.2 Å². The van der Waals surface area contributed by atoms with E-state index in [-0.39, 0.29) is 5.54 Å². The van der Waals surface area contributed by atoms with Crippen LogP contribution in [0.15, 0.2) is 41.9 Å². The fourth-order valence-corrected chi connectivity index (χ4v) is 4.29. The maximum atomic E-state index is 6.49. The molecule has 0 radical (unpaired) electrons. The molecule has 3 rings (SSSR count). The lowest BCUT2D eigenvalue weighted by molar-refractivity contribution is 0.543. The average molecular weight is 404 g/mol. The number of nitrogens with one attached hydrogen (secondary N) is 1. The molecule has 0 amide bonds. The first-order valence-corrected chi connectivity index (χ1v) is 11.1. The van der Waals surface area contributed by atoms with Crippen LogP contribution >= 0.6 is 0 Å². The van der Waals surface area contributed by atoms with E-state index in [1.165, 1.54) is 27.8 Å². The number of unbranched alkanes of at least 4 members (excludes halogenated alkanes) is 1. The number of rotatable bonds is 7. The Morgan fingerprint density at radius 1 is 1.07 bits per heavy atom. The Bertz CT molecular complexity index is 974. The Kier molecular flexibility index (Phi) is 6.52. The molecule has 0 aliphatic carbocycles. The smallest absolute Gasteiger partial charge is 0.107 e. The predicted octanol–water partition coefficient (Wildman–Crippen LogP) is 6.64. The number of benzene rings is 2. The molecule has 3 heteroatoms. The van der Waals surface area contributed by atoms with E-state index in [1.54, 1.807) is 0 Å². The number of nitrogens with zero attached hydrogens (tertiary/aromatic N) is 1. The van der Waals surface area contributed by atoms with Gasteiger partial charge in [0.2, 0.25) is 0 Å². The van der Waals surface area contributed by atoms with Crippen LogP contribution in [0, 0.1) is 13.8 Å². The molecule has 1 heterocycles. The molecule has 160 valence electrons. The van der Waals surface area contributed by atoms with E-state index in [0.717, 1.165) is 48.5 Å². The Balaban J connectivity index is 1.71. The van der Waals surface area contributed by atoms with Gasteiger partial charge in [0.05, 0.1) is 5.69 Å². The van der Waals surface area contributed by atoms with E-state index in [4.69, 9.17) is 10.7 Å². The van der Waals surface area contributed by atoms with Gasteiger partial charge in [-0.15, -0.1) is 0 Å².